The van der Waals surface area contributed by atoms with Crippen molar-refractivity contribution in [1.29, 1.82) is 0 Å². The Morgan fingerprint density at radius 3 is 2.77 bits per heavy atom. The molecule has 2 aromatic rings. The van der Waals surface area contributed by atoms with Gasteiger partial charge >= 0.3 is 5.97 Å². The standard InChI is InChI=1S/C20H27N3O3/c1-14-21-17-10-5-6-11-18(17)23(14)12-7-13-26-20(25)19(22-15(2)24)16-8-3-4-9-16/h5-6,10-11,16,19H,3-4,7-9,12-13H2,1-2H3,(H,22,24). The van der Waals surface area contributed by atoms with E-state index in [2.05, 4.69) is 14.9 Å². The van der Waals surface area contributed by atoms with Crippen molar-refractivity contribution in [3.63, 3.8) is 0 Å². The van der Waals surface area contributed by atoms with Crippen molar-refractivity contribution in [3.8, 4) is 0 Å². The minimum atomic E-state index is -0.509. The van der Waals surface area contributed by atoms with Crippen molar-refractivity contribution >= 4 is 22.9 Å². The van der Waals surface area contributed by atoms with Gasteiger partial charge in [0.1, 0.15) is 11.9 Å². The van der Waals surface area contributed by atoms with E-state index in [4.69, 9.17) is 4.74 Å². The van der Waals surface area contributed by atoms with E-state index in [0.717, 1.165) is 49.1 Å². The maximum absolute atomic E-state index is 12.5. The summed E-state index contributed by atoms with van der Waals surface area (Å²) in [7, 11) is 0. The quantitative estimate of drug-likeness (QED) is 0.611. The molecule has 1 aromatic heterocycles. The van der Waals surface area contributed by atoms with Gasteiger partial charge in [-0.15, -0.1) is 0 Å². The average molecular weight is 357 g/mol. The molecule has 0 radical (unpaired) electrons. The lowest BCUT2D eigenvalue weighted by molar-refractivity contribution is -0.149. The summed E-state index contributed by atoms with van der Waals surface area (Å²) in [6.07, 6.45) is 4.88. The van der Waals surface area contributed by atoms with Gasteiger partial charge in [-0.2, -0.15) is 0 Å². The van der Waals surface area contributed by atoms with Crippen LogP contribution in [0.1, 0.15) is 44.9 Å². The summed E-state index contributed by atoms with van der Waals surface area (Å²) in [6, 6.07) is 7.52. The fourth-order valence-electron chi connectivity index (χ4n) is 3.84. The SMILES string of the molecule is CC(=O)NC(C(=O)OCCCn1c(C)nc2ccccc21)C1CCCC1. The van der Waals surface area contributed by atoms with E-state index in [9.17, 15) is 9.59 Å². The molecule has 140 valence electrons. The second kappa shape index (κ2) is 8.34. The third-order valence-corrected chi connectivity index (χ3v) is 5.10. The molecule has 26 heavy (non-hydrogen) atoms. The molecule has 6 heteroatoms. The maximum Gasteiger partial charge on any atom is 0.328 e. The van der Waals surface area contributed by atoms with Gasteiger partial charge in [0.15, 0.2) is 0 Å². The van der Waals surface area contributed by atoms with Crippen molar-refractivity contribution in [2.45, 2.75) is 58.5 Å². The summed E-state index contributed by atoms with van der Waals surface area (Å²) in [5, 5.41) is 2.78. The molecule has 1 fully saturated rings. The summed E-state index contributed by atoms with van der Waals surface area (Å²) in [4.78, 5) is 28.4. The van der Waals surface area contributed by atoms with E-state index in [1.165, 1.54) is 6.92 Å². The minimum Gasteiger partial charge on any atom is -0.464 e. The number of fused-ring (bicyclic) bond motifs is 1. The Balaban J connectivity index is 1.53. The zero-order valence-corrected chi connectivity index (χ0v) is 15.5. The zero-order valence-electron chi connectivity index (χ0n) is 15.5. The van der Waals surface area contributed by atoms with Crippen LogP contribution >= 0.6 is 0 Å². The van der Waals surface area contributed by atoms with Gasteiger partial charge in [0.05, 0.1) is 17.6 Å². The molecule has 6 nitrogen and oxygen atoms in total. The number of benzene rings is 1. The van der Waals surface area contributed by atoms with Crippen molar-refractivity contribution in [2.75, 3.05) is 6.61 Å². The first kappa shape index (κ1) is 18.4. The van der Waals surface area contributed by atoms with Crippen LogP contribution in [0.15, 0.2) is 24.3 Å². The highest BCUT2D eigenvalue weighted by molar-refractivity contribution is 5.83. The maximum atomic E-state index is 12.5. The van der Waals surface area contributed by atoms with Crippen molar-refractivity contribution in [3.05, 3.63) is 30.1 Å². The summed E-state index contributed by atoms with van der Waals surface area (Å²) < 4.78 is 7.62. The third-order valence-electron chi connectivity index (χ3n) is 5.10. The van der Waals surface area contributed by atoms with Gasteiger partial charge in [-0.05, 0) is 44.2 Å². The highest BCUT2D eigenvalue weighted by atomic mass is 16.5. The average Bonchev–Trinajstić information content (AvgIpc) is 3.24. The lowest BCUT2D eigenvalue weighted by Crippen LogP contribution is -2.45. The summed E-state index contributed by atoms with van der Waals surface area (Å²) >= 11 is 0. The van der Waals surface area contributed by atoms with Crippen molar-refractivity contribution in [2.24, 2.45) is 5.92 Å². The first-order valence-electron chi connectivity index (χ1n) is 9.42. The van der Waals surface area contributed by atoms with Crippen LogP contribution in [0.25, 0.3) is 11.0 Å². The molecular formula is C20H27N3O3. The van der Waals surface area contributed by atoms with E-state index in [1.807, 2.05) is 31.2 Å². The highest BCUT2D eigenvalue weighted by Crippen LogP contribution is 2.28. The minimum absolute atomic E-state index is 0.181. The Bertz CT molecular complexity index is 778. The number of carbonyl (C=O) groups excluding carboxylic acids is 2. The third kappa shape index (κ3) is 4.23. The van der Waals surface area contributed by atoms with Crippen molar-refractivity contribution in [1.82, 2.24) is 14.9 Å². The Morgan fingerprint density at radius 1 is 1.31 bits per heavy atom. The summed E-state index contributed by atoms with van der Waals surface area (Å²) in [5.74, 6) is 0.671. The number of nitrogens with zero attached hydrogens (tertiary/aromatic N) is 2. The largest absolute Gasteiger partial charge is 0.464 e. The number of aromatic nitrogens is 2. The van der Waals surface area contributed by atoms with Gasteiger partial charge in [-0.25, -0.2) is 9.78 Å². The smallest absolute Gasteiger partial charge is 0.328 e. The van der Waals surface area contributed by atoms with Crippen LogP contribution in [0.2, 0.25) is 0 Å². The molecule has 1 atom stereocenters. The first-order chi connectivity index (χ1) is 12.6. The molecule has 1 saturated carbocycles. The lowest BCUT2D eigenvalue weighted by atomic mass is 9.98. The van der Waals surface area contributed by atoms with Gasteiger partial charge in [0.2, 0.25) is 5.91 Å². The fraction of sp³-hybridized carbons (Fsp3) is 0.550. The number of aryl methyl sites for hydroxylation is 2. The lowest BCUT2D eigenvalue weighted by Gasteiger charge is -2.22. The molecule has 1 N–H and O–H groups in total. The summed E-state index contributed by atoms with van der Waals surface area (Å²) in [6.45, 7) is 4.52. The van der Waals surface area contributed by atoms with Crippen LogP contribution < -0.4 is 5.32 Å². The number of ether oxygens (including phenoxy) is 1. The van der Waals surface area contributed by atoms with Crippen LogP contribution in [0, 0.1) is 12.8 Å². The predicted octanol–water partition coefficient (Wildman–Crippen LogP) is 2.97. The predicted molar refractivity (Wildman–Crippen MR) is 99.6 cm³/mol. The molecule has 0 spiro atoms. The van der Waals surface area contributed by atoms with Gasteiger partial charge in [0.25, 0.3) is 0 Å². The molecular weight excluding hydrogens is 330 g/mol. The molecule has 1 aliphatic rings. The number of para-hydroxylation sites is 2. The Kier molecular flexibility index (Phi) is 5.91. The van der Waals surface area contributed by atoms with Gasteiger partial charge in [-0.3, -0.25) is 4.79 Å². The number of carbonyl (C=O) groups is 2. The van der Waals surface area contributed by atoms with Gasteiger partial charge < -0.3 is 14.6 Å². The molecule has 1 aliphatic carbocycles. The molecule has 1 unspecified atom stereocenters. The normalized spacial score (nSPS) is 15.9. The molecule has 0 aliphatic heterocycles. The number of nitrogens with one attached hydrogen (secondary N) is 1. The second-order valence-corrected chi connectivity index (χ2v) is 7.04. The molecule has 0 bridgehead atoms. The van der Waals surface area contributed by atoms with Gasteiger partial charge in [-0.1, -0.05) is 25.0 Å². The first-order valence-corrected chi connectivity index (χ1v) is 9.42. The molecule has 1 heterocycles. The summed E-state index contributed by atoms with van der Waals surface area (Å²) in [5.41, 5.74) is 2.08. The second-order valence-electron chi connectivity index (χ2n) is 7.04. The number of amides is 1. The van der Waals surface area contributed by atoms with Crippen LogP contribution in [-0.4, -0.2) is 34.1 Å². The number of imidazole rings is 1. The van der Waals surface area contributed by atoms with Crippen LogP contribution in [0.4, 0.5) is 0 Å². The van der Waals surface area contributed by atoms with E-state index >= 15 is 0 Å². The molecule has 0 saturated heterocycles. The fourth-order valence-corrected chi connectivity index (χ4v) is 3.84. The van der Waals surface area contributed by atoms with Crippen LogP contribution in [0.3, 0.4) is 0 Å². The number of rotatable bonds is 7. The van der Waals surface area contributed by atoms with E-state index in [-0.39, 0.29) is 17.8 Å². The monoisotopic (exact) mass is 357 g/mol. The number of esters is 1. The van der Waals surface area contributed by atoms with Gasteiger partial charge in [0, 0.05) is 13.5 Å². The molecule has 1 amide bonds. The molecule has 1 aromatic carbocycles. The number of hydrogen-bond acceptors (Lipinski definition) is 4. The topological polar surface area (TPSA) is 73.2 Å². The Morgan fingerprint density at radius 2 is 2.04 bits per heavy atom. The van der Waals surface area contributed by atoms with E-state index in [1.54, 1.807) is 0 Å². The molecule has 3 rings (SSSR count). The van der Waals surface area contributed by atoms with Crippen LogP contribution in [0.5, 0.6) is 0 Å². The number of hydrogen-bond donors (Lipinski definition) is 1. The van der Waals surface area contributed by atoms with E-state index in [0.29, 0.717) is 13.0 Å². The van der Waals surface area contributed by atoms with Crippen molar-refractivity contribution < 1.29 is 14.3 Å². The highest BCUT2D eigenvalue weighted by Gasteiger charge is 2.32. The Hall–Kier alpha value is -2.37. The van der Waals surface area contributed by atoms with Crippen LogP contribution in [-0.2, 0) is 20.9 Å². The van der Waals surface area contributed by atoms with E-state index < -0.39 is 6.04 Å². The zero-order chi connectivity index (χ0) is 18.5. The Labute approximate surface area is 153 Å².